The van der Waals surface area contributed by atoms with Gasteiger partial charge in [-0.2, -0.15) is 0 Å². The number of hydrogen-bond acceptors (Lipinski definition) is 3. The van der Waals surface area contributed by atoms with Crippen molar-refractivity contribution in [3.8, 4) is 5.75 Å². The molecule has 2 aromatic carbocycles. The first-order valence-corrected chi connectivity index (χ1v) is 7.60. The van der Waals surface area contributed by atoms with Crippen molar-refractivity contribution in [2.75, 3.05) is 7.11 Å². The lowest BCUT2D eigenvalue weighted by Gasteiger charge is -2.12. The van der Waals surface area contributed by atoms with Gasteiger partial charge in [0.25, 0.3) is 0 Å². The Kier molecular flexibility index (Phi) is 3.90. The average Bonchev–Trinajstić information content (AvgIpc) is 2.42. The molecule has 19 heavy (non-hydrogen) atoms. The first kappa shape index (κ1) is 13.6. The molecule has 100 valence electrons. The number of hydrogen-bond donors (Lipinski definition) is 0. The molecule has 0 bridgehead atoms. The summed E-state index contributed by atoms with van der Waals surface area (Å²) in [5.41, 5.74) is 1.63. The third-order valence-corrected chi connectivity index (χ3v) is 4.68. The number of benzene rings is 2. The Hall–Kier alpha value is -1.81. The minimum Gasteiger partial charge on any atom is -0.496 e. The van der Waals surface area contributed by atoms with E-state index < -0.39 is 9.84 Å². The molecule has 4 heteroatoms. The molecule has 0 unspecified atom stereocenters. The van der Waals surface area contributed by atoms with Crippen molar-refractivity contribution in [2.45, 2.75) is 17.6 Å². The molecule has 0 aliphatic carbocycles. The molecule has 0 aliphatic heterocycles. The summed E-state index contributed by atoms with van der Waals surface area (Å²) in [4.78, 5) is 0.334. The number of ether oxygens (including phenoxy) is 1. The summed E-state index contributed by atoms with van der Waals surface area (Å²) in [5, 5.41) is 0. The topological polar surface area (TPSA) is 43.4 Å². The van der Waals surface area contributed by atoms with Gasteiger partial charge in [0, 0.05) is 5.56 Å². The molecule has 0 N–H and O–H groups in total. The lowest BCUT2D eigenvalue weighted by Crippen LogP contribution is -2.07. The van der Waals surface area contributed by atoms with E-state index >= 15 is 0 Å². The highest BCUT2D eigenvalue weighted by Gasteiger charge is 2.18. The van der Waals surface area contributed by atoms with Gasteiger partial charge in [-0.05, 0) is 30.7 Å². The molecule has 0 saturated heterocycles. The largest absolute Gasteiger partial charge is 0.496 e. The first-order valence-electron chi connectivity index (χ1n) is 5.95. The summed E-state index contributed by atoms with van der Waals surface area (Å²) in [6, 6.07) is 14.0. The molecule has 0 atom stereocenters. The van der Waals surface area contributed by atoms with E-state index in [2.05, 4.69) is 0 Å². The highest BCUT2D eigenvalue weighted by Crippen LogP contribution is 2.26. The van der Waals surface area contributed by atoms with E-state index in [9.17, 15) is 8.42 Å². The number of aryl methyl sites for hydroxylation is 1. The van der Waals surface area contributed by atoms with Crippen LogP contribution in [0.5, 0.6) is 5.75 Å². The van der Waals surface area contributed by atoms with E-state index in [4.69, 9.17) is 4.74 Å². The van der Waals surface area contributed by atoms with Crippen molar-refractivity contribution < 1.29 is 13.2 Å². The highest BCUT2D eigenvalue weighted by atomic mass is 32.2. The van der Waals surface area contributed by atoms with Gasteiger partial charge in [-0.15, -0.1) is 0 Å². The van der Waals surface area contributed by atoms with E-state index in [1.807, 2.05) is 19.1 Å². The van der Waals surface area contributed by atoms with E-state index in [1.165, 1.54) is 0 Å². The molecular formula is C15H16O3S. The van der Waals surface area contributed by atoms with Gasteiger partial charge in [0.1, 0.15) is 5.75 Å². The fourth-order valence-electron chi connectivity index (χ4n) is 1.95. The third-order valence-electron chi connectivity index (χ3n) is 3.02. The summed E-state index contributed by atoms with van der Waals surface area (Å²) in [5.74, 6) is 0.562. The second kappa shape index (κ2) is 5.45. The SMILES string of the molecule is COc1cccc(C)c1CS(=O)(=O)c1ccccc1. The van der Waals surface area contributed by atoms with E-state index in [0.717, 1.165) is 5.56 Å². The number of rotatable bonds is 4. The van der Waals surface area contributed by atoms with Crippen molar-refractivity contribution >= 4 is 9.84 Å². The Bertz CT molecular complexity index is 661. The Morgan fingerprint density at radius 2 is 1.68 bits per heavy atom. The molecule has 0 aromatic heterocycles. The fraction of sp³-hybridized carbons (Fsp3) is 0.200. The molecule has 2 aromatic rings. The van der Waals surface area contributed by atoms with Crippen LogP contribution in [0.25, 0.3) is 0 Å². The van der Waals surface area contributed by atoms with Crippen LogP contribution in [0.4, 0.5) is 0 Å². The van der Waals surface area contributed by atoms with Crippen LogP contribution in [0.2, 0.25) is 0 Å². The van der Waals surface area contributed by atoms with Gasteiger partial charge >= 0.3 is 0 Å². The van der Waals surface area contributed by atoms with E-state index in [-0.39, 0.29) is 5.75 Å². The lowest BCUT2D eigenvalue weighted by molar-refractivity contribution is 0.410. The zero-order valence-electron chi connectivity index (χ0n) is 11.0. The molecule has 0 saturated carbocycles. The predicted octanol–water partition coefficient (Wildman–Crippen LogP) is 2.98. The van der Waals surface area contributed by atoms with Gasteiger partial charge in [-0.1, -0.05) is 30.3 Å². The van der Waals surface area contributed by atoms with E-state index in [1.54, 1.807) is 43.5 Å². The molecule has 0 radical (unpaired) electrons. The third kappa shape index (κ3) is 2.96. The second-order valence-corrected chi connectivity index (χ2v) is 6.32. The summed E-state index contributed by atoms with van der Waals surface area (Å²) in [6.45, 7) is 1.89. The smallest absolute Gasteiger partial charge is 0.182 e. The van der Waals surface area contributed by atoms with Crippen LogP contribution >= 0.6 is 0 Å². The van der Waals surface area contributed by atoms with E-state index in [0.29, 0.717) is 16.2 Å². The maximum Gasteiger partial charge on any atom is 0.182 e. The van der Waals surface area contributed by atoms with Crippen LogP contribution in [0, 0.1) is 6.92 Å². The maximum absolute atomic E-state index is 12.4. The second-order valence-electron chi connectivity index (χ2n) is 4.33. The van der Waals surface area contributed by atoms with Crippen LogP contribution in [0.1, 0.15) is 11.1 Å². The van der Waals surface area contributed by atoms with Gasteiger partial charge in [0.05, 0.1) is 17.8 Å². The summed E-state index contributed by atoms with van der Waals surface area (Å²) in [6.07, 6.45) is 0. The van der Waals surface area contributed by atoms with Crippen LogP contribution in [0.15, 0.2) is 53.4 Å². The minimum atomic E-state index is -3.35. The van der Waals surface area contributed by atoms with Gasteiger partial charge in [0.15, 0.2) is 9.84 Å². The molecule has 0 fully saturated rings. The van der Waals surface area contributed by atoms with Crippen molar-refractivity contribution in [1.29, 1.82) is 0 Å². The Balaban J connectivity index is 2.42. The number of sulfone groups is 1. The summed E-state index contributed by atoms with van der Waals surface area (Å²) >= 11 is 0. The summed E-state index contributed by atoms with van der Waals surface area (Å²) in [7, 11) is -1.80. The molecule has 0 aliphatic rings. The van der Waals surface area contributed by atoms with Crippen LogP contribution in [-0.2, 0) is 15.6 Å². The summed E-state index contributed by atoms with van der Waals surface area (Å²) < 4.78 is 30.0. The zero-order valence-corrected chi connectivity index (χ0v) is 11.8. The maximum atomic E-state index is 12.4. The monoisotopic (exact) mass is 276 g/mol. The van der Waals surface area contributed by atoms with Gasteiger partial charge in [-0.25, -0.2) is 8.42 Å². The standard InChI is InChI=1S/C15H16O3S/c1-12-7-6-10-15(18-2)14(12)11-19(16,17)13-8-4-3-5-9-13/h3-10H,11H2,1-2H3. The Morgan fingerprint density at radius 1 is 1.00 bits per heavy atom. The fourth-order valence-corrected chi connectivity index (χ4v) is 3.44. The van der Waals surface area contributed by atoms with Crippen molar-refractivity contribution in [3.05, 3.63) is 59.7 Å². The molecule has 2 rings (SSSR count). The highest BCUT2D eigenvalue weighted by molar-refractivity contribution is 7.90. The Morgan fingerprint density at radius 3 is 2.32 bits per heavy atom. The molecular weight excluding hydrogens is 260 g/mol. The van der Waals surface area contributed by atoms with Crippen molar-refractivity contribution in [2.24, 2.45) is 0 Å². The quantitative estimate of drug-likeness (QED) is 0.862. The van der Waals surface area contributed by atoms with Gasteiger partial charge in [-0.3, -0.25) is 0 Å². The molecule has 0 spiro atoms. The Labute approximate surface area is 113 Å². The predicted molar refractivity (Wildman–Crippen MR) is 75.1 cm³/mol. The van der Waals surface area contributed by atoms with Crippen LogP contribution in [-0.4, -0.2) is 15.5 Å². The van der Waals surface area contributed by atoms with Crippen LogP contribution in [0.3, 0.4) is 0 Å². The van der Waals surface area contributed by atoms with Crippen molar-refractivity contribution in [1.82, 2.24) is 0 Å². The van der Waals surface area contributed by atoms with Crippen molar-refractivity contribution in [3.63, 3.8) is 0 Å². The average molecular weight is 276 g/mol. The normalized spacial score (nSPS) is 11.3. The first-order chi connectivity index (χ1) is 9.04. The van der Waals surface area contributed by atoms with Gasteiger partial charge in [0.2, 0.25) is 0 Å². The van der Waals surface area contributed by atoms with Gasteiger partial charge < -0.3 is 4.74 Å². The molecule has 0 amide bonds. The number of methoxy groups -OCH3 is 1. The van der Waals surface area contributed by atoms with Crippen LogP contribution < -0.4 is 4.74 Å². The zero-order chi connectivity index (χ0) is 13.9. The molecule has 3 nitrogen and oxygen atoms in total. The minimum absolute atomic E-state index is 0.0488. The molecule has 0 heterocycles. The lowest BCUT2D eigenvalue weighted by atomic mass is 10.1.